The molecule has 2 aromatic heterocycles. The summed E-state index contributed by atoms with van der Waals surface area (Å²) < 4.78 is 23.3. The van der Waals surface area contributed by atoms with Crippen LogP contribution in [0.1, 0.15) is 5.56 Å². The van der Waals surface area contributed by atoms with Gasteiger partial charge in [0, 0.05) is 10.9 Å². The molecule has 8 heteroatoms. The highest BCUT2D eigenvalue weighted by Crippen LogP contribution is 2.24. The maximum Gasteiger partial charge on any atom is 0.211 e. The molecule has 2 heterocycles. The minimum Gasteiger partial charge on any atom is -0.497 e. The quantitative estimate of drug-likeness (QED) is 0.385. The summed E-state index contributed by atoms with van der Waals surface area (Å²) in [6, 6.07) is 16.8. The average Bonchev–Trinajstić information content (AvgIpc) is 3.48. The van der Waals surface area contributed by atoms with Gasteiger partial charge in [-0.2, -0.15) is 5.10 Å². The molecular formula is C23H21N3O4S. The molecule has 0 N–H and O–H groups in total. The van der Waals surface area contributed by atoms with Gasteiger partial charge in [0.25, 0.3) is 0 Å². The average molecular weight is 436 g/mol. The topological polar surface area (TPSA) is 70.5 Å². The van der Waals surface area contributed by atoms with Gasteiger partial charge < -0.3 is 18.6 Å². The molecule has 7 nitrogen and oxygen atoms in total. The first-order chi connectivity index (χ1) is 15.2. The fourth-order valence-corrected chi connectivity index (χ4v) is 3.75. The zero-order valence-electron chi connectivity index (χ0n) is 17.3. The normalized spacial score (nSPS) is 11.8. The number of hydrogen-bond donors (Lipinski definition) is 0. The standard InChI is InChI=1S/C23H21N3O4S/c1-27-18-8-6-17(7-9-18)25-23-26(20(15-31-23)22-5-4-12-30-22)24-14-16-13-19(28-2)10-11-21(16)29-3/h4-15H,1-3H3. The Hall–Kier alpha value is -3.78. The van der Waals surface area contributed by atoms with E-state index in [2.05, 4.69) is 0 Å². The van der Waals surface area contributed by atoms with E-state index in [-0.39, 0.29) is 0 Å². The Labute approximate surface area is 183 Å². The van der Waals surface area contributed by atoms with Crippen LogP contribution >= 0.6 is 11.3 Å². The fraction of sp³-hybridized carbons (Fsp3) is 0.130. The van der Waals surface area contributed by atoms with E-state index in [9.17, 15) is 0 Å². The highest BCUT2D eigenvalue weighted by atomic mass is 32.1. The Morgan fingerprint density at radius 1 is 0.935 bits per heavy atom. The number of methoxy groups -OCH3 is 3. The van der Waals surface area contributed by atoms with Crippen LogP contribution < -0.4 is 19.0 Å². The number of benzene rings is 2. The lowest BCUT2D eigenvalue weighted by Crippen LogP contribution is -2.11. The number of ether oxygens (including phenoxy) is 3. The number of aromatic nitrogens is 1. The highest BCUT2D eigenvalue weighted by Gasteiger charge is 2.11. The number of furan rings is 1. The van der Waals surface area contributed by atoms with E-state index in [1.807, 2.05) is 60.0 Å². The van der Waals surface area contributed by atoms with Crippen molar-refractivity contribution in [2.24, 2.45) is 10.1 Å². The second-order valence-electron chi connectivity index (χ2n) is 6.35. The van der Waals surface area contributed by atoms with Crippen LogP contribution in [0.2, 0.25) is 0 Å². The lowest BCUT2D eigenvalue weighted by molar-refractivity contribution is 0.402. The predicted octanol–water partition coefficient (Wildman–Crippen LogP) is 4.95. The molecule has 0 aliphatic carbocycles. The monoisotopic (exact) mass is 435 g/mol. The molecule has 2 aromatic carbocycles. The summed E-state index contributed by atoms with van der Waals surface area (Å²) in [5.74, 6) is 2.88. The molecule has 0 fully saturated rings. The molecule has 4 aromatic rings. The van der Waals surface area contributed by atoms with Crippen molar-refractivity contribution in [3.63, 3.8) is 0 Å². The number of nitrogens with zero attached hydrogens (tertiary/aromatic N) is 3. The number of hydrogen-bond acceptors (Lipinski definition) is 7. The van der Waals surface area contributed by atoms with Gasteiger partial charge in [-0.25, -0.2) is 9.67 Å². The van der Waals surface area contributed by atoms with Crippen LogP contribution in [0.15, 0.2) is 80.8 Å². The van der Waals surface area contributed by atoms with Crippen LogP contribution in [0, 0.1) is 0 Å². The second-order valence-corrected chi connectivity index (χ2v) is 7.19. The molecule has 158 valence electrons. The molecule has 0 unspecified atom stereocenters. The maximum atomic E-state index is 5.60. The van der Waals surface area contributed by atoms with Gasteiger partial charge in [0.1, 0.15) is 22.9 Å². The minimum atomic E-state index is 0.688. The van der Waals surface area contributed by atoms with Crippen LogP contribution in [0.3, 0.4) is 0 Å². The Balaban J connectivity index is 1.81. The van der Waals surface area contributed by atoms with Crippen molar-refractivity contribution < 1.29 is 18.6 Å². The fourth-order valence-electron chi connectivity index (χ4n) is 2.91. The molecule has 0 amide bonds. The summed E-state index contributed by atoms with van der Waals surface area (Å²) in [6.07, 6.45) is 3.35. The molecule has 0 bridgehead atoms. The first-order valence-electron chi connectivity index (χ1n) is 9.41. The van der Waals surface area contributed by atoms with Gasteiger partial charge in [0.2, 0.25) is 4.80 Å². The van der Waals surface area contributed by atoms with Gasteiger partial charge >= 0.3 is 0 Å². The number of thiazole rings is 1. The van der Waals surface area contributed by atoms with Crippen LogP contribution in [-0.4, -0.2) is 32.2 Å². The maximum absolute atomic E-state index is 5.60. The summed E-state index contributed by atoms with van der Waals surface area (Å²) in [6.45, 7) is 0. The van der Waals surface area contributed by atoms with Gasteiger partial charge in [-0.3, -0.25) is 0 Å². The third kappa shape index (κ3) is 4.54. The molecule has 4 rings (SSSR count). The lowest BCUT2D eigenvalue weighted by Gasteiger charge is -2.07. The molecular weight excluding hydrogens is 414 g/mol. The Morgan fingerprint density at radius 2 is 1.71 bits per heavy atom. The van der Waals surface area contributed by atoms with Crippen molar-refractivity contribution >= 4 is 23.2 Å². The Bertz CT molecular complexity index is 1240. The van der Waals surface area contributed by atoms with Gasteiger partial charge in [-0.05, 0) is 54.6 Å². The minimum absolute atomic E-state index is 0.688. The molecule has 31 heavy (non-hydrogen) atoms. The zero-order chi connectivity index (χ0) is 21.6. The van der Waals surface area contributed by atoms with E-state index < -0.39 is 0 Å². The van der Waals surface area contributed by atoms with Crippen molar-refractivity contribution in [3.05, 3.63) is 76.6 Å². The van der Waals surface area contributed by atoms with Crippen molar-refractivity contribution in [2.45, 2.75) is 0 Å². The van der Waals surface area contributed by atoms with E-state index in [1.54, 1.807) is 38.5 Å². The van der Waals surface area contributed by atoms with Gasteiger partial charge in [-0.15, -0.1) is 11.3 Å². The van der Waals surface area contributed by atoms with E-state index in [0.29, 0.717) is 22.1 Å². The van der Waals surface area contributed by atoms with Crippen LogP contribution in [0.4, 0.5) is 5.69 Å². The van der Waals surface area contributed by atoms with E-state index >= 15 is 0 Å². The van der Waals surface area contributed by atoms with Crippen molar-refractivity contribution in [1.29, 1.82) is 0 Å². The summed E-state index contributed by atoms with van der Waals surface area (Å²) in [4.78, 5) is 5.44. The third-order valence-electron chi connectivity index (χ3n) is 4.51. The summed E-state index contributed by atoms with van der Waals surface area (Å²) in [7, 11) is 4.88. The van der Waals surface area contributed by atoms with Gasteiger partial charge in [0.05, 0.1) is 39.5 Å². The summed E-state index contributed by atoms with van der Waals surface area (Å²) in [5.41, 5.74) is 2.36. The predicted molar refractivity (Wildman–Crippen MR) is 121 cm³/mol. The molecule has 0 saturated heterocycles. The molecule has 0 saturated carbocycles. The number of rotatable bonds is 7. The Kier molecular flexibility index (Phi) is 6.18. The molecule has 0 radical (unpaired) electrons. The van der Waals surface area contributed by atoms with Crippen molar-refractivity contribution in [3.8, 4) is 28.7 Å². The highest BCUT2D eigenvalue weighted by molar-refractivity contribution is 7.07. The van der Waals surface area contributed by atoms with E-state index in [1.165, 1.54) is 11.3 Å². The lowest BCUT2D eigenvalue weighted by atomic mass is 10.2. The molecule has 0 aliphatic rings. The van der Waals surface area contributed by atoms with Gasteiger partial charge in [0.15, 0.2) is 5.76 Å². The molecule has 0 aliphatic heterocycles. The second kappa shape index (κ2) is 9.36. The van der Waals surface area contributed by atoms with E-state index in [0.717, 1.165) is 22.7 Å². The smallest absolute Gasteiger partial charge is 0.211 e. The first kappa shape index (κ1) is 20.5. The van der Waals surface area contributed by atoms with Crippen LogP contribution in [-0.2, 0) is 0 Å². The van der Waals surface area contributed by atoms with Crippen LogP contribution in [0.25, 0.3) is 11.5 Å². The first-order valence-corrected chi connectivity index (χ1v) is 10.3. The van der Waals surface area contributed by atoms with Crippen molar-refractivity contribution in [2.75, 3.05) is 21.3 Å². The van der Waals surface area contributed by atoms with E-state index in [4.69, 9.17) is 28.7 Å². The largest absolute Gasteiger partial charge is 0.497 e. The van der Waals surface area contributed by atoms with Gasteiger partial charge in [-0.1, -0.05) is 0 Å². The zero-order valence-corrected chi connectivity index (χ0v) is 18.1. The molecule has 0 atom stereocenters. The third-order valence-corrected chi connectivity index (χ3v) is 5.32. The van der Waals surface area contributed by atoms with Crippen molar-refractivity contribution in [1.82, 2.24) is 4.68 Å². The van der Waals surface area contributed by atoms with Crippen LogP contribution in [0.5, 0.6) is 17.2 Å². The molecule has 0 spiro atoms. The SMILES string of the molecule is COc1ccc(N=c2scc(-c3ccco3)n2N=Cc2cc(OC)ccc2OC)cc1. The Morgan fingerprint density at radius 3 is 2.39 bits per heavy atom. The summed E-state index contributed by atoms with van der Waals surface area (Å²) >= 11 is 1.47. The summed E-state index contributed by atoms with van der Waals surface area (Å²) in [5, 5.41) is 6.65.